The maximum Gasteiger partial charge on any atom is 0.238 e. The van der Waals surface area contributed by atoms with Crippen LogP contribution in [0, 0.1) is 12.7 Å². The summed E-state index contributed by atoms with van der Waals surface area (Å²) in [4.78, 5) is 26.4. The summed E-state index contributed by atoms with van der Waals surface area (Å²) in [5.74, 6) is -0.552. The second-order valence-electron chi connectivity index (χ2n) is 6.49. The van der Waals surface area contributed by atoms with Crippen LogP contribution in [0.4, 0.5) is 15.8 Å². The van der Waals surface area contributed by atoms with Crippen LogP contribution in [0.15, 0.2) is 42.5 Å². The van der Waals surface area contributed by atoms with E-state index < -0.39 is 5.82 Å². The first-order valence-electron chi connectivity index (χ1n) is 9.14. The molecule has 150 valence electrons. The first-order chi connectivity index (χ1) is 13.4. The second-order valence-corrected chi connectivity index (χ2v) is 6.49. The number of hydrogen-bond acceptors (Lipinski definition) is 4. The van der Waals surface area contributed by atoms with Crippen molar-refractivity contribution in [2.75, 3.05) is 37.4 Å². The van der Waals surface area contributed by atoms with Gasteiger partial charge < -0.3 is 15.4 Å². The maximum absolute atomic E-state index is 13.9. The van der Waals surface area contributed by atoms with E-state index in [1.165, 1.54) is 19.2 Å². The van der Waals surface area contributed by atoms with Gasteiger partial charge in [0.25, 0.3) is 0 Å². The third-order valence-electron chi connectivity index (χ3n) is 4.05. The second kappa shape index (κ2) is 10.4. The smallest absolute Gasteiger partial charge is 0.238 e. The van der Waals surface area contributed by atoms with Crippen LogP contribution >= 0.6 is 0 Å². The van der Waals surface area contributed by atoms with E-state index >= 15 is 0 Å². The molecule has 0 heterocycles. The molecule has 0 fully saturated rings. The van der Waals surface area contributed by atoms with Gasteiger partial charge in [-0.05, 0) is 49.7 Å². The average Bonchev–Trinajstić information content (AvgIpc) is 2.64. The number of carbonyl (C=O) groups excluding carboxylic acids is 2. The van der Waals surface area contributed by atoms with Crippen molar-refractivity contribution in [3.05, 3.63) is 53.8 Å². The summed E-state index contributed by atoms with van der Waals surface area (Å²) in [6.45, 7) is 4.32. The van der Waals surface area contributed by atoms with Gasteiger partial charge in [0.15, 0.2) is 0 Å². The molecule has 28 heavy (non-hydrogen) atoms. The summed E-state index contributed by atoms with van der Waals surface area (Å²) in [6, 6.07) is 11.7. The quantitative estimate of drug-likeness (QED) is 0.692. The zero-order valence-corrected chi connectivity index (χ0v) is 16.4. The van der Waals surface area contributed by atoms with Gasteiger partial charge in [-0.3, -0.25) is 14.5 Å². The Hall–Kier alpha value is -2.93. The number of benzene rings is 2. The number of amides is 2. The number of rotatable bonds is 9. The van der Waals surface area contributed by atoms with Crippen molar-refractivity contribution in [1.82, 2.24) is 4.90 Å². The first kappa shape index (κ1) is 21.4. The van der Waals surface area contributed by atoms with E-state index in [1.54, 1.807) is 36.1 Å². The first-order valence-corrected chi connectivity index (χ1v) is 9.14. The molecular weight excluding hydrogens is 361 g/mol. The van der Waals surface area contributed by atoms with Crippen LogP contribution in [0.25, 0.3) is 0 Å². The minimum Gasteiger partial charge on any atom is -0.495 e. The van der Waals surface area contributed by atoms with E-state index in [1.807, 2.05) is 13.0 Å². The molecule has 0 saturated carbocycles. The number of methoxy groups -OCH3 is 1. The molecule has 2 rings (SSSR count). The van der Waals surface area contributed by atoms with E-state index in [4.69, 9.17) is 4.74 Å². The van der Waals surface area contributed by atoms with Crippen LogP contribution in [0.5, 0.6) is 5.75 Å². The largest absolute Gasteiger partial charge is 0.495 e. The highest BCUT2D eigenvalue weighted by Gasteiger charge is 2.16. The van der Waals surface area contributed by atoms with Gasteiger partial charge in [-0.15, -0.1) is 0 Å². The monoisotopic (exact) mass is 387 g/mol. The number of ether oxygens (including phenoxy) is 1. The summed E-state index contributed by atoms with van der Waals surface area (Å²) in [7, 11) is 1.53. The Morgan fingerprint density at radius 2 is 1.68 bits per heavy atom. The predicted octanol–water partition coefficient (Wildman–Crippen LogP) is 3.43. The number of para-hydroxylation sites is 2. The third kappa shape index (κ3) is 6.35. The Labute approximate surface area is 164 Å². The molecule has 6 nitrogen and oxygen atoms in total. The van der Waals surface area contributed by atoms with E-state index in [0.717, 1.165) is 12.0 Å². The van der Waals surface area contributed by atoms with Gasteiger partial charge in [0.1, 0.15) is 11.6 Å². The van der Waals surface area contributed by atoms with Crippen LogP contribution in [0.3, 0.4) is 0 Å². The lowest BCUT2D eigenvalue weighted by atomic mass is 10.2. The van der Waals surface area contributed by atoms with Crippen LogP contribution < -0.4 is 15.4 Å². The standard InChI is InChI=1S/C21H26FN3O3/c1-4-11-25(13-20(26)23-17-10-9-15(2)12-16(17)22)14-21(27)24-18-7-5-6-8-19(18)28-3/h5-10,12H,4,11,13-14H2,1-3H3,(H,23,26)(H,24,27). The molecule has 2 aromatic carbocycles. The van der Waals surface area contributed by atoms with Crippen molar-refractivity contribution in [1.29, 1.82) is 0 Å². The maximum atomic E-state index is 13.9. The van der Waals surface area contributed by atoms with Crippen molar-refractivity contribution >= 4 is 23.2 Å². The zero-order valence-electron chi connectivity index (χ0n) is 16.4. The topological polar surface area (TPSA) is 70.7 Å². The molecule has 0 aliphatic heterocycles. The zero-order chi connectivity index (χ0) is 20.5. The number of aryl methyl sites for hydroxylation is 1. The summed E-state index contributed by atoms with van der Waals surface area (Å²) in [6.07, 6.45) is 0.772. The Kier molecular flexibility index (Phi) is 7.95. The third-order valence-corrected chi connectivity index (χ3v) is 4.05. The lowest BCUT2D eigenvalue weighted by Crippen LogP contribution is -2.39. The van der Waals surface area contributed by atoms with Gasteiger partial charge in [0.05, 0.1) is 31.6 Å². The average molecular weight is 387 g/mol. The molecule has 0 aliphatic rings. The van der Waals surface area contributed by atoms with Gasteiger partial charge in [-0.2, -0.15) is 0 Å². The number of hydrogen-bond donors (Lipinski definition) is 2. The fraction of sp³-hybridized carbons (Fsp3) is 0.333. The van der Waals surface area contributed by atoms with Crippen LogP contribution in [-0.4, -0.2) is 43.5 Å². The van der Waals surface area contributed by atoms with Crippen molar-refractivity contribution in [2.24, 2.45) is 0 Å². The number of anilines is 2. The summed E-state index contributed by atoms with van der Waals surface area (Å²) >= 11 is 0. The lowest BCUT2D eigenvalue weighted by molar-refractivity contribution is -0.120. The van der Waals surface area contributed by atoms with Gasteiger partial charge in [0.2, 0.25) is 11.8 Å². The highest BCUT2D eigenvalue weighted by atomic mass is 19.1. The molecule has 0 atom stereocenters. The Morgan fingerprint density at radius 3 is 2.29 bits per heavy atom. The summed E-state index contributed by atoms with van der Waals surface area (Å²) in [5, 5.41) is 5.35. The van der Waals surface area contributed by atoms with E-state index in [2.05, 4.69) is 10.6 Å². The molecule has 0 aliphatic carbocycles. The molecule has 0 unspecified atom stereocenters. The summed E-state index contributed by atoms with van der Waals surface area (Å²) in [5.41, 5.74) is 1.47. The highest BCUT2D eigenvalue weighted by Crippen LogP contribution is 2.22. The van der Waals surface area contributed by atoms with Gasteiger partial charge in [0, 0.05) is 0 Å². The van der Waals surface area contributed by atoms with Crippen molar-refractivity contribution < 1.29 is 18.7 Å². The molecule has 2 aromatic rings. The number of halogens is 1. The molecule has 2 amide bonds. The Bertz CT molecular complexity index is 826. The molecular formula is C21H26FN3O3. The molecule has 2 N–H and O–H groups in total. The van der Waals surface area contributed by atoms with Crippen LogP contribution in [-0.2, 0) is 9.59 Å². The van der Waals surface area contributed by atoms with E-state index in [-0.39, 0.29) is 30.6 Å². The normalized spacial score (nSPS) is 10.6. The van der Waals surface area contributed by atoms with Gasteiger partial charge in [-0.1, -0.05) is 25.1 Å². The SMILES string of the molecule is CCCN(CC(=O)Nc1ccc(C)cc1F)CC(=O)Nc1ccccc1OC. The van der Waals surface area contributed by atoms with E-state index in [9.17, 15) is 14.0 Å². The molecule has 0 bridgehead atoms. The molecule has 0 aromatic heterocycles. The lowest BCUT2D eigenvalue weighted by Gasteiger charge is -2.21. The molecule has 0 spiro atoms. The number of nitrogens with zero attached hydrogens (tertiary/aromatic N) is 1. The highest BCUT2D eigenvalue weighted by molar-refractivity contribution is 5.95. The Morgan fingerprint density at radius 1 is 1.04 bits per heavy atom. The molecule has 7 heteroatoms. The fourth-order valence-corrected chi connectivity index (χ4v) is 2.79. The molecule has 0 saturated heterocycles. The number of nitrogens with one attached hydrogen (secondary N) is 2. The van der Waals surface area contributed by atoms with Crippen molar-refractivity contribution in [2.45, 2.75) is 20.3 Å². The van der Waals surface area contributed by atoms with Crippen LogP contribution in [0.2, 0.25) is 0 Å². The summed E-state index contributed by atoms with van der Waals surface area (Å²) < 4.78 is 19.1. The van der Waals surface area contributed by atoms with Gasteiger partial charge in [-0.25, -0.2) is 4.39 Å². The molecule has 0 radical (unpaired) electrons. The Balaban J connectivity index is 1.96. The van der Waals surface area contributed by atoms with Crippen LogP contribution in [0.1, 0.15) is 18.9 Å². The van der Waals surface area contributed by atoms with E-state index in [0.29, 0.717) is 18.0 Å². The minimum atomic E-state index is -0.482. The number of carbonyl (C=O) groups is 2. The predicted molar refractivity (Wildman–Crippen MR) is 108 cm³/mol. The fourth-order valence-electron chi connectivity index (χ4n) is 2.79. The van der Waals surface area contributed by atoms with Crippen molar-refractivity contribution in [3.63, 3.8) is 0 Å². The van der Waals surface area contributed by atoms with Gasteiger partial charge >= 0.3 is 0 Å². The minimum absolute atomic E-state index is 0.0134. The van der Waals surface area contributed by atoms with Crippen molar-refractivity contribution in [3.8, 4) is 5.75 Å².